The lowest BCUT2D eigenvalue weighted by molar-refractivity contribution is 0.102. The van der Waals surface area contributed by atoms with Gasteiger partial charge in [0.2, 0.25) is 0 Å². The molecule has 0 radical (unpaired) electrons. The molecule has 1 aromatic heterocycles. The summed E-state index contributed by atoms with van der Waals surface area (Å²) >= 11 is 3.19. The molecule has 72 valence electrons. The second kappa shape index (κ2) is 3.58. The number of nitrogens with zero attached hydrogens (tertiary/aromatic N) is 1. The van der Waals surface area contributed by atoms with Crippen LogP contribution in [-0.4, -0.2) is 15.7 Å². The molecule has 0 aliphatic rings. The van der Waals surface area contributed by atoms with Crippen LogP contribution in [0.3, 0.4) is 0 Å². The van der Waals surface area contributed by atoms with Gasteiger partial charge < -0.3 is 4.57 Å². The molecular formula is C11H10BrNO. The Morgan fingerprint density at radius 3 is 2.86 bits per heavy atom. The number of hydrogen-bond donors (Lipinski definition) is 0. The molecule has 0 aliphatic heterocycles. The fourth-order valence-electron chi connectivity index (χ4n) is 1.64. The third-order valence-corrected chi connectivity index (χ3v) is 2.83. The van der Waals surface area contributed by atoms with Crippen molar-refractivity contribution >= 4 is 32.6 Å². The third-order valence-electron chi connectivity index (χ3n) is 2.32. The van der Waals surface area contributed by atoms with Gasteiger partial charge in [0.15, 0.2) is 5.78 Å². The van der Waals surface area contributed by atoms with Crippen LogP contribution in [0.5, 0.6) is 0 Å². The SMILES string of the molecule is Cn1cc(C(=O)CBr)c2ccccc21. The van der Waals surface area contributed by atoms with Gasteiger partial charge in [-0.1, -0.05) is 34.1 Å². The Morgan fingerprint density at radius 1 is 1.43 bits per heavy atom. The van der Waals surface area contributed by atoms with Gasteiger partial charge in [-0.2, -0.15) is 0 Å². The highest BCUT2D eigenvalue weighted by Gasteiger charge is 2.11. The normalized spacial score (nSPS) is 10.7. The fourth-order valence-corrected chi connectivity index (χ4v) is 1.94. The number of aryl methyl sites for hydroxylation is 1. The largest absolute Gasteiger partial charge is 0.350 e. The van der Waals surface area contributed by atoms with Crippen molar-refractivity contribution in [1.82, 2.24) is 4.57 Å². The number of para-hydroxylation sites is 1. The smallest absolute Gasteiger partial charge is 0.175 e. The first-order valence-electron chi connectivity index (χ1n) is 4.37. The maximum absolute atomic E-state index is 11.6. The average molecular weight is 252 g/mol. The Labute approximate surface area is 90.7 Å². The first-order chi connectivity index (χ1) is 6.74. The van der Waals surface area contributed by atoms with E-state index in [9.17, 15) is 4.79 Å². The number of carbonyl (C=O) groups excluding carboxylic acids is 1. The molecule has 0 aliphatic carbocycles. The van der Waals surface area contributed by atoms with Crippen molar-refractivity contribution in [2.75, 3.05) is 5.33 Å². The van der Waals surface area contributed by atoms with Gasteiger partial charge in [-0.15, -0.1) is 0 Å². The molecule has 14 heavy (non-hydrogen) atoms. The Bertz CT molecular complexity index is 487. The maximum atomic E-state index is 11.6. The number of alkyl halides is 1. The molecule has 0 saturated carbocycles. The standard InChI is InChI=1S/C11H10BrNO/c1-13-7-9(11(14)6-12)8-4-2-3-5-10(8)13/h2-5,7H,6H2,1H3. The van der Waals surface area contributed by atoms with Crippen molar-refractivity contribution in [3.8, 4) is 0 Å². The van der Waals surface area contributed by atoms with Crippen LogP contribution in [0.25, 0.3) is 10.9 Å². The van der Waals surface area contributed by atoms with E-state index in [4.69, 9.17) is 0 Å². The van der Waals surface area contributed by atoms with Crippen LogP contribution in [0.2, 0.25) is 0 Å². The van der Waals surface area contributed by atoms with Crippen LogP contribution < -0.4 is 0 Å². The zero-order valence-corrected chi connectivity index (χ0v) is 9.41. The lowest BCUT2D eigenvalue weighted by Gasteiger charge is -1.93. The number of halogens is 1. The van der Waals surface area contributed by atoms with E-state index in [1.54, 1.807) is 0 Å². The minimum atomic E-state index is 0.127. The molecule has 3 heteroatoms. The first-order valence-corrected chi connectivity index (χ1v) is 5.49. The number of benzene rings is 1. The van der Waals surface area contributed by atoms with Gasteiger partial charge in [0.25, 0.3) is 0 Å². The zero-order chi connectivity index (χ0) is 10.1. The molecule has 0 N–H and O–H groups in total. The van der Waals surface area contributed by atoms with Gasteiger partial charge in [0.1, 0.15) is 0 Å². The Balaban J connectivity index is 2.72. The maximum Gasteiger partial charge on any atom is 0.175 e. The van der Waals surface area contributed by atoms with E-state index < -0.39 is 0 Å². The number of rotatable bonds is 2. The van der Waals surface area contributed by atoms with E-state index in [0.717, 1.165) is 16.5 Å². The number of Topliss-reactive ketones (excluding diaryl/α,β-unsaturated/α-hetero) is 1. The van der Waals surface area contributed by atoms with Gasteiger partial charge in [-0.25, -0.2) is 0 Å². The zero-order valence-electron chi connectivity index (χ0n) is 7.83. The van der Waals surface area contributed by atoms with Crippen molar-refractivity contribution in [3.05, 3.63) is 36.0 Å². The Kier molecular flexibility index (Phi) is 2.42. The van der Waals surface area contributed by atoms with Crippen molar-refractivity contribution in [3.63, 3.8) is 0 Å². The number of fused-ring (bicyclic) bond motifs is 1. The Morgan fingerprint density at radius 2 is 2.14 bits per heavy atom. The minimum Gasteiger partial charge on any atom is -0.350 e. The van der Waals surface area contributed by atoms with Crippen LogP contribution in [0.1, 0.15) is 10.4 Å². The van der Waals surface area contributed by atoms with E-state index in [0.29, 0.717) is 5.33 Å². The van der Waals surface area contributed by atoms with Crippen LogP contribution in [-0.2, 0) is 7.05 Å². The molecule has 0 amide bonds. The summed E-state index contributed by atoms with van der Waals surface area (Å²) in [5.74, 6) is 0.127. The first kappa shape index (κ1) is 9.46. The van der Waals surface area contributed by atoms with Crippen LogP contribution >= 0.6 is 15.9 Å². The predicted octanol–water partition coefficient (Wildman–Crippen LogP) is 2.76. The molecule has 0 unspecified atom stereocenters. The molecular weight excluding hydrogens is 242 g/mol. The van der Waals surface area contributed by atoms with Crippen molar-refractivity contribution in [2.24, 2.45) is 7.05 Å². The summed E-state index contributed by atoms with van der Waals surface area (Å²) < 4.78 is 1.98. The molecule has 2 nitrogen and oxygen atoms in total. The number of hydrogen-bond acceptors (Lipinski definition) is 1. The summed E-state index contributed by atoms with van der Waals surface area (Å²) in [6.45, 7) is 0. The highest BCUT2D eigenvalue weighted by molar-refractivity contribution is 9.09. The number of ketones is 1. The van der Waals surface area contributed by atoms with E-state index in [1.807, 2.05) is 42.1 Å². The lowest BCUT2D eigenvalue weighted by Crippen LogP contribution is -1.98. The quantitative estimate of drug-likeness (QED) is 0.595. The second-order valence-corrected chi connectivity index (χ2v) is 3.79. The predicted molar refractivity (Wildman–Crippen MR) is 61.0 cm³/mol. The van der Waals surface area contributed by atoms with Crippen molar-refractivity contribution in [1.29, 1.82) is 0 Å². The molecule has 0 spiro atoms. The van der Waals surface area contributed by atoms with E-state index in [-0.39, 0.29) is 5.78 Å². The summed E-state index contributed by atoms with van der Waals surface area (Å²) in [5, 5.41) is 1.40. The molecule has 0 atom stereocenters. The van der Waals surface area contributed by atoms with Crippen molar-refractivity contribution in [2.45, 2.75) is 0 Å². The minimum absolute atomic E-state index is 0.127. The molecule has 2 rings (SSSR count). The van der Waals surface area contributed by atoms with Gasteiger partial charge in [-0.05, 0) is 6.07 Å². The van der Waals surface area contributed by atoms with Gasteiger partial charge in [0, 0.05) is 29.7 Å². The van der Waals surface area contributed by atoms with Crippen LogP contribution in [0.4, 0.5) is 0 Å². The molecule has 0 bridgehead atoms. The molecule has 1 aromatic carbocycles. The molecule has 0 fully saturated rings. The monoisotopic (exact) mass is 251 g/mol. The number of aromatic nitrogens is 1. The molecule has 1 heterocycles. The van der Waals surface area contributed by atoms with E-state index in [2.05, 4.69) is 15.9 Å². The summed E-state index contributed by atoms with van der Waals surface area (Å²) in [6.07, 6.45) is 1.88. The number of carbonyl (C=O) groups is 1. The fraction of sp³-hybridized carbons (Fsp3) is 0.182. The summed E-state index contributed by atoms with van der Waals surface area (Å²) in [7, 11) is 1.95. The Hall–Kier alpha value is -1.09. The van der Waals surface area contributed by atoms with E-state index in [1.165, 1.54) is 0 Å². The lowest BCUT2D eigenvalue weighted by atomic mass is 10.1. The average Bonchev–Trinajstić information content (AvgIpc) is 2.56. The van der Waals surface area contributed by atoms with Crippen molar-refractivity contribution < 1.29 is 4.79 Å². The van der Waals surface area contributed by atoms with Crippen LogP contribution in [0, 0.1) is 0 Å². The molecule has 0 saturated heterocycles. The highest BCUT2D eigenvalue weighted by atomic mass is 79.9. The van der Waals surface area contributed by atoms with Gasteiger partial charge in [-0.3, -0.25) is 4.79 Å². The van der Waals surface area contributed by atoms with Gasteiger partial charge in [0.05, 0.1) is 5.33 Å². The van der Waals surface area contributed by atoms with Gasteiger partial charge >= 0.3 is 0 Å². The highest BCUT2D eigenvalue weighted by Crippen LogP contribution is 2.20. The topological polar surface area (TPSA) is 22.0 Å². The molecule has 2 aromatic rings. The summed E-state index contributed by atoms with van der Waals surface area (Å²) in [5.41, 5.74) is 1.89. The summed E-state index contributed by atoms with van der Waals surface area (Å²) in [6, 6.07) is 7.92. The second-order valence-electron chi connectivity index (χ2n) is 3.23. The van der Waals surface area contributed by atoms with Crippen LogP contribution in [0.15, 0.2) is 30.5 Å². The summed E-state index contributed by atoms with van der Waals surface area (Å²) in [4.78, 5) is 11.6. The van der Waals surface area contributed by atoms with E-state index >= 15 is 0 Å². The third kappa shape index (κ3) is 1.38.